The molecule has 0 saturated heterocycles. The van der Waals surface area contributed by atoms with Gasteiger partial charge >= 0.3 is 5.97 Å². The molecule has 16 heavy (non-hydrogen) atoms. The van der Waals surface area contributed by atoms with Gasteiger partial charge in [0.05, 0.1) is 17.9 Å². The Bertz CT molecular complexity index is 422. The van der Waals surface area contributed by atoms with Gasteiger partial charge in [-0.2, -0.15) is 0 Å². The molecular weight excluding hydrogens is 206 g/mol. The van der Waals surface area contributed by atoms with Gasteiger partial charge in [-0.15, -0.1) is 6.42 Å². The zero-order valence-electron chi connectivity index (χ0n) is 9.19. The maximum absolute atomic E-state index is 10.6. The summed E-state index contributed by atoms with van der Waals surface area (Å²) in [5.74, 6) is 1.98. The summed E-state index contributed by atoms with van der Waals surface area (Å²) < 4.78 is 0. The molecule has 5 nitrogen and oxygen atoms in total. The van der Waals surface area contributed by atoms with E-state index in [1.165, 1.54) is 12.4 Å². The molecule has 0 aliphatic heterocycles. The van der Waals surface area contributed by atoms with E-state index in [-0.39, 0.29) is 5.69 Å². The van der Waals surface area contributed by atoms with Crippen molar-refractivity contribution < 1.29 is 9.90 Å². The van der Waals surface area contributed by atoms with E-state index in [1.54, 1.807) is 0 Å². The summed E-state index contributed by atoms with van der Waals surface area (Å²) in [4.78, 5) is 18.2. The maximum Gasteiger partial charge on any atom is 0.356 e. The van der Waals surface area contributed by atoms with Crippen LogP contribution in [0, 0.1) is 12.3 Å². The first-order valence-electron chi connectivity index (χ1n) is 4.82. The van der Waals surface area contributed by atoms with Crippen molar-refractivity contribution >= 4 is 11.8 Å². The molecule has 2 N–H and O–H groups in total. The van der Waals surface area contributed by atoms with Crippen LogP contribution in [0.3, 0.4) is 0 Å². The standard InChI is InChI=1S/C11H13N3O2/c1-4-11(3,5-2)14-9-7-12-8(6-13-9)10(15)16/h1,6-7H,5H2,2-3H3,(H,13,14)(H,15,16). The number of carbonyl (C=O) groups is 1. The number of nitrogens with one attached hydrogen (secondary N) is 1. The van der Waals surface area contributed by atoms with Gasteiger partial charge in [-0.05, 0) is 13.3 Å². The fraction of sp³-hybridized carbons (Fsp3) is 0.364. The molecule has 0 fully saturated rings. The fourth-order valence-electron chi connectivity index (χ4n) is 1.01. The zero-order valence-corrected chi connectivity index (χ0v) is 9.19. The molecule has 1 aromatic heterocycles. The first-order chi connectivity index (χ1) is 7.50. The predicted octanol–water partition coefficient (Wildman–Crippen LogP) is 1.39. The van der Waals surface area contributed by atoms with Crippen LogP contribution in [0.15, 0.2) is 12.4 Å². The summed E-state index contributed by atoms with van der Waals surface area (Å²) in [5.41, 5.74) is -0.594. The second-order valence-corrected chi connectivity index (χ2v) is 3.55. The molecule has 1 aromatic rings. The number of carboxylic acid groups (broad SMARTS) is 1. The third-order valence-electron chi connectivity index (χ3n) is 2.30. The van der Waals surface area contributed by atoms with Crippen molar-refractivity contribution in [3.8, 4) is 12.3 Å². The Balaban J connectivity index is 2.84. The van der Waals surface area contributed by atoms with Crippen LogP contribution in [0.1, 0.15) is 30.8 Å². The van der Waals surface area contributed by atoms with Gasteiger partial charge in [-0.3, -0.25) is 0 Å². The lowest BCUT2D eigenvalue weighted by Gasteiger charge is -2.23. The maximum atomic E-state index is 10.6. The van der Waals surface area contributed by atoms with Crippen LogP contribution in [0.25, 0.3) is 0 Å². The van der Waals surface area contributed by atoms with Gasteiger partial charge in [0.2, 0.25) is 0 Å². The van der Waals surface area contributed by atoms with Crippen molar-refractivity contribution in [1.82, 2.24) is 9.97 Å². The van der Waals surface area contributed by atoms with Crippen LogP contribution in [-0.4, -0.2) is 26.6 Å². The average molecular weight is 219 g/mol. The summed E-state index contributed by atoms with van der Waals surface area (Å²) in [7, 11) is 0. The topological polar surface area (TPSA) is 75.1 Å². The first-order valence-corrected chi connectivity index (χ1v) is 4.82. The number of anilines is 1. The van der Waals surface area contributed by atoms with Gasteiger partial charge in [0.25, 0.3) is 0 Å². The lowest BCUT2D eigenvalue weighted by atomic mass is 10.0. The van der Waals surface area contributed by atoms with Crippen molar-refractivity contribution in [2.45, 2.75) is 25.8 Å². The van der Waals surface area contributed by atoms with Crippen molar-refractivity contribution in [3.63, 3.8) is 0 Å². The van der Waals surface area contributed by atoms with Gasteiger partial charge in [-0.25, -0.2) is 14.8 Å². The average Bonchev–Trinajstić information content (AvgIpc) is 2.29. The second-order valence-electron chi connectivity index (χ2n) is 3.55. The van der Waals surface area contributed by atoms with E-state index >= 15 is 0 Å². The third kappa shape index (κ3) is 2.70. The molecule has 0 bridgehead atoms. The van der Waals surface area contributed by atoms with E-state index in [4.69, 9.17) is 11.5 Å². The van der Waals surface area contributed by atoms with E-state index in [9.17, 15) is 4.79 Å². The monoisotopic (exact) mass is 219 g/mol. The predicted molar refractivity (Wildman–Crippen MR) is 60.1 cm³/mol. The largest absolute Gasteiger partial charge is 0.476 e. The lowest BCUT2D eigenvalue weighted by molar-refractivity contribution is 0.0690. The zero-order chi connectivity index (χ0) is 12.2. The van der Waals surface area contributed by atoms with Gasteiger partial charge in [0.1, 0.15) is 5.82 Å². The Morgan fingerprint density at radius 3 is 2.69 bits per heavy atom. The van der Waals surface area contributed by atoms with Gasteiger partial charge in [-0.1, -0.05) is 12.8 Å². The number of hydrogen-bond acceptors (Lipinski definition) is 4. The molecule has 84 valence electrons. The van der Waals surface area contributed by atoms with E-state index in [1.807, 2.05) is 13.8 Å². The Morgan fingerprint density at radius 1 is 1.62 bits per heavy atom. The first kappa shape index (κ1) is 12.0. The Labute approximate surface area is 93.9 Å². The summed E-state index contributed by atoms with van der Waals surface area (Å²) in [6.07, 6.45) is 8.66. The molecule has 0 aromatic carbocycles. The Kier molecular flexibility index (Phi) is 3.46. The van der Waals surface area contributed by atoms with Gasteiger partial charge in [0.15, 0.2) is 5.69 Å². The highest BCUT2D eigenvalue weighted by atomic mass is 16.4. The number of aromatic nitrogens is 2. The molecule has 0 aliphatic rings. The van der Waals surface area contributed by atoms with Crippen LogP contribution in [0.5, 0.6) is 0 Å². The molecular formula is C11H13N3O2. The summed E-state index contributed by atoms with van der Waals surface area (Å²) in [6.45, 7) is 3.81. The van der Waals surface area contributed by atoms with Crippen LogP contribution in [-0.2, 0) is 0 Å². The molecule has 0 amide bonds. The number of hydrogen-bond donors (Lipinski definition) is 2. The summed E-state index contributed by atoms with van der Waals surface area (Å²) in [5, 5.41) is 11.7. The van der Waals surface area contributed by atoms with E-state index in [0.29, 0.717) is 5.82 Å². The van der Waals surface area contributed by atoms with Crippen LogP contribution >= 0.6 is 0 Å². The number of nitrogens with zero attached hydrogens (tertiary/aromatic N) is 2. The van der Waals surface area contributed by atoms with Crippen LogP contribution in [0.2, 0.25) is 0 Å². The molecule has 0 radical (unpaired) electrons. The molecule has 1 rings (SSSR count). The minimum Gasteiger partial charge on any atom is -0.476 e. The van der Waals surface area contributed by atoms with Crippen molar-refractivity contribution in [3.05, 3.63) is 18.1 Å². The highest BCUT2D eigenvalue weighted by Crippen LogP contribution is 2.14. The van der Waals surface area contributed by atoms with Gasteiger partial charge in [0, 0.05) is 0 Å². The molecule has 0 spiro atoms. The second kappa shape index (κ2) is 4.62. The SMILES string of the molecule is C#CC(C)(CC)Nc1cnc(C(=O)O)cn1. The molecule has 5 heteroatoms. The van der Waals surface area contributed by atoms with Gasteiger partial charge < -0.3 is 10.4 Å². The molecule has 0 aliphatic carbocycles. The fourth-order valence-corrected chi connectivity index (χ4v) is 1.01. The van der Waals surface area contributed by atoms with Crippen LogP contribution < -0.4 is 5.32 Å². The van der Waals surface area contributed by atoms with Crippen molar-refractivity contribution in [1.29, 1.82) is 0 Å². The molecule has 1 unspecified atom stereocenters. The number of carboxylic acids is 1. The third-order valence-corrected chi connectivity index (χ3v) is 2.30. The number of aromatic carboxylic acids is 1. The quantitative estimate of drug-likeness (QED) is 0.748. The highest BCUT2D eigenvalue weighted by molar-refractivity contribution is 5.84. The van der Waals surface area contributed by atoms with E-state index in [2.05, 4.69) is 21.2 Å². The van der Waals surface area contributed by atoms with Crippen molar-refractivity contribution in [2.75, 3.05) is 5.32 Å². The Morgan fingerprint density at radius 2 is 2.31 bits per heavy atom. The molecule has 1 heterocycles. The minimum absolute atomic E-state index is 0.0931. The molecule has 1 atom stereocenters. The normalized spacial score (nSPS) is 13.6. The highest BCUT2D eigenvalue weighted by Gasteiger charge is 2.18. The summed E-state index contributed by atoms with van der Waals surface area (Å²) in [6, 6.07) is 0. The lowest BCUT2D eigenvalue weighted by Crippen LogP contribution is -2.32. The van der Waals surface area contributed by atoms with Crippen LogP contribution in [0.4, 0.5) is 5.82 Å². The summed E-state index contributed by atoms with van der Waals surface area (Å²) >= 11 is 0. The number of rotatable bonds is 4. The Hall–Kier alpha value is -2.09. The smallest absolute Gasteiger partial charge is 0.356 e. The minimum atomic E-state index is -1.10. The molecule has 0 saturated carbocycles. The van der Waals surface area contributed by atoms with Crippen molar-refractivity contribution in [2.24, 2.45) is 0 Å². The van der Waals surface area contributed by atoms with E-state index < -0.39 is 11.5 Å². The van der Waals surface area contributed by atoms with E-state index in [0.717, 1.165) is 6.42 Å². The number of terminal acetylenes is 1.